The molecule has 0 saturated carbocycles. The molecule has 2 aromatic heterocycles. The molecule has 37 heavy (non-hydrogen) atoms. The summed E-state index contributed by atoms with van der Waals surface area (Å²) in [6.07, 6.45) is 9.20. The van der Waals surface area contributed by atoms with E-state index in [1.807, 2.05) is 19.2 Å². The van der Waals surface area contributed by atoms with Gasteiger partial charge in [0.25, 0.3) is 5.91 Å². The summed E-state index contributed by atoms with van der Waals surface area (Å²) in [5.41, 5.74) is 1.81. The van der Waals surface area contributed by atoms with Crippen LogP contribution in [-0.4, -0.2) is 53.1 Å². The number of carbonyl (C=O) groups is 1. The smallest absolute Gasteiger partial charge is 0.256 e. The first-order chi connectivity index (χ1) is 18.0. The van der Waals surface area contributed by atoms with Gasteiger partial charge in [0.15, 0.2) is 11.5 Å². The molecule has 0 aliphatic rings. The lowest BCUT2D eigenvalue weighted by Gasteiger charge is -2.15. The van der Waals surface area contributed by atoms with Crippen molar-refractivity contribution in [1.82, 2.24) is 19.9 Å². The van der Waals surface area contributed by atoms with E-state index in [0.29, 0.717) is 51.5 Å². The molecule has 4 rings (SSSR count). The maximum atomic E-state index is 12.4. The first-order valence-corrected chi connectivity index (χ1v) is 11.8. The number of rotatable bonds is 10. The Morgan fingerprint density at radius 2 is 2.00 bits per heavy atom. The number of pyridine rings is 1. The fraction of sp³-hybridized carbons (Fsp3) is 0.185. The summed E-state index contributed by atoms with van der Waals surface area (Å²) in [6, 6.07) is 16.4. The maximum absolute atomic E-state index is 12.4. The number of ether oxygens (including phenoxy) is 2. The molecule has 188 valence electrons. The number of nitrogens with one attached hydrogen (secondary N) is 2. The highest BCUT2D eigenvalue weighted by atomic mass is 35.5. The number of hydrogen-bond acceptors (Lipinski definition) is 8. The number of hydrogen-bond donors (Lipinski definition) is 2. The normalized spacial score (nSPS) is 10.4. The number of anilines is 3. The lowest BCUT2D eigenvalue weighted by Crippen LogP contribution is -2.15. The lowest BCUT2D eigenvalue weighted by atomic mass is 10.2. The third-order valence-electron chi connectivity index (χ3n) is 5.39. The third kappa shape index (κ3) is 6.57. The summed E-state index contributed by atoms with van der Waals surface area (Å²) >= 11 is 5.97. The Balaban J connectivity index is 1.46. The number of halogens is 1. The predicted molar refractivity (Wildman–Crippen MR) is 145 cm³/mol. The second-order valence-electron chi connectivity index (χ2n) is 8.02. The highest BCUT2D eigenvalue weighted by Gasteiger charge is 2.13. The van der Waals surface area contributed by atoms with Gasteiger partial charge in [-0.15, -0.1) is 0 Å². The van der Waals surface area contributed by atoms with Crippen LogP contribution in [0.5, 0.6) is 11.5 Å². The Morgan fingerprint density at radius 3 is 2.73 bits per heavy atom. The first kappa shape index (κ1) is 25.5. The Labute approximate surface area is 219 Å². The third-order valence-corrected chi connectivity index (χ3v) is 5.63. The van der Waals surface area contributed by atoms with E-state index in [0.717, 1.165) is 18.4 Å². The Bertz CT molecular complexity index is 1440. The van der Waals surface area contributed by atoms with Crippen LogP contribution >= 0.6 is 11.6 Å². The summed E-state index contributed by atoms with van der Waals surface area (Å²) in [7, 11) is 3.43. The minimum Gasteiger partial charge on any atom is -0.493 e. The van der Waals surface area contributed by atoms with Gasteiger partial charge in [0.1, 0.15) is 18.0 Å². The van der Waals surface area contributed by atoms with Crippen molar-refractivity contribution in [2.24, 2.45) is 0 Å². The minimum atomic E-state index is -0.300. The molecule has 1 amide bonds. The molecule has 0 bridgehead atoms. The average Bonchev–Trinajstić information content (AvgIpc) is 2.91. The van der Waals surface area contributed by atoms with E-state index in [-0.39, 0.29) is 5.91 Å². The van der Waals surface area contributed by atoms with Crippen LogP contribution in [0.25, 0.3) is 10.9 Å². The number of aromatic nitrogens is 3. The minimum absolute atomic E-state index is 0.300. The van der Waals surface area contributed by atoms with Crippen LogP contribution in [0.4, 0.5) is 17.3 Å². The molecule has 4 aromatic rings. The van der Waals surface area contributed by atoms with Crippen LogP contribution in [-0.2, 0) is 0 Å². The van der Waals surface area contributed by atoms with E-state index in [9.17, 15) is 4.79 Å². The van der Waals surface area contributed by atoms with Crippen molar-refractivity contribution < 1.29 is 14.3 Å². The fourth-order valence-electron chi connectivity index (χ4n) is 3.48. The van der Waals surface area contributed by atoms with E-state index in [1.165, 1.54) is 6.33 Å². The Morgan fingerprint density at radius 1 is 1.14 bits per heavy atom. The SMILES string of the molecule is C#CN(C)CCCOc1cc2ncnc(Nc3ccc(NC(=O)c4cccc(Cl)c4)nc3)c2cc1OC. The molecule has 0 unspecified atom stereocenters. The van der Waals surface area contributed by atoms with Gasteiger partial charge in [-0.2, -0.15) is 0 Å². The van der Waals surface area contributed by atoms with E-state index < -0.39 is 0 Å². The maximum Gasteiger partial charge on any atom is 0.256 e. The largest absolute Gasteiger partial charge is 0.493 e. The van der Waals surface area contributed by atoms with Gasteiger partial charge in [-0.25, -0.2) is 15.0 Å². The first-order valence-electron chi connectivity index (χ1n) is 11.4. The summed E-state index contributed by atoms with van der Waals surface area (Å²) in [6.45, 7) is 1.20. The van der Waals surface area contributed by atoms with Gasteiger partial charge in [0, 0.05) is 41.7 Å². The zero-order chi connectivity index (χ0) is 26.2. The van der Waals surface area contributed by atoms with Crippen LogP contribution in [0.1, 0.15) is 16.8 Å². The van der Waals surface area contributed by atoms with Crippen LogP contribution in [0.2, 0.25) is 5.02 Å². The van der Waals surface area contributed by atoms with Gasteiger partial charge in [-0.3, -0.25) is 4.79 Å². The number of methoxy groups -OCH3 is 1. The summed E-state index contributed by atoms with van der Waals surface area (Å²) in [4.78, 5) is 27.3. The van der Waals surface area contributed by atoms with Crippen molar-refractivity contribution in [3.05, 3.63) is 71.6 Å². The Hall–Kier alpha value is -4.55. The van der Waals surface area contributed by atoms with E-state index >= 15 is 0 Å². The van der Waals surface area contributed by atoms with Gasteiger partial charge in [0.05, 0.1) is 31.1 Å². The van der Waals surface area contributed by atoms with E-state index in [2.05, 4.69) is 31.6 Å². The summed E-state index contributed by atoms with van der Waals surface area (Å²) < 4.78 is 11.5. The van der Waals surface area contributed by atoms with E-state index in [1.54, 1.807) is 54.6 Å². The topological polar surface area (TPSA) is 102 Å². The van der Waals surface area contributed by atoms with E-state index in [4.69, 9.17) is 27.5 Å². The van der Waals surface area contributed by atoms with Gasteiger partial charge in [-0.1, -0.05) is 24.1 Å². The van der Waals surface area contributed by atoms with Crippen molar-refractivity contribution in [3.8, 4) is 24.0 Å². The zero-order valence-electron chi connectivity index (χ0n) is 20.4. The average molecular weight is 517 g/mol. The zero-order valence-corrected chi connectivity index (χ0v) is 21.1. The van der Waals surface area contributed by atoms with Gasteiger partial charge in [-0.05, 0) is 42.8 Å². The number of carbonyl (C=O) groups excluding carboxylic acids is 1. The summed E-state index contributed by atoms with van der Waals surface area (Å²) in [5, 5.41) is 7.23. The molecule has 0 aliphatic carbocycles. The van der Waals surface area contributed by atoms with Crippen molar-refractivity contribution in [2.45, 2.75) is 6.42 Å². The molecule has 2 N–H and O–H groups in total. The molecule has 0 spiro atoms. The molecule has 0 aliphatic heterocycles. The molecule has 0 atom stereocenters. The fourth-order valence-corrected chi connectivity index (χ4v) is 3.67. The molecule has 0 saturated heterocycles. The number of fused-ring (bicyclic) bond motifs is 1. The number of amides is 1. The highest BCUT2D eigenvalue weighted by molar-refractivity contribution is 6.31. The van der Waals surface area contributed by atoms with Crippen molar-refractivity contribution in [1.29, 1.82) is 0 Å². The number of terminal acetylenes is 1. The second kappa shape index (κ2) is 11.9. The van der Waals surface area contributed by atoms with Crippen molar-refractivity contribution in [3.63, 3.8) is 0 Å². The lowest BCUT2D eigenvalue weighted by molar-refractivity contribution is 0.102. The van der Waals surface area contributed by atoms with Crippen LogP contribution in [0.15, 0.2) is 61.1 Å². The van der Waals surface area contributed by atoms with Crippen molar-refractivity contribution >= 4 is 45.7 Å². The van der Waals surface area contributed by atoms with Crippen LogP contribution in [0, 0.1) is 12.5 Å². The van der Waals surface area contributed by atoms with Gasteiger partial charge >= 0.3 is 0 Å². The molecule has 0 fully saturated rings. The molecule has 10 heteroatoms. The van der Waals surface area contributed by atoms with Gasteiger partial charge in [0.2, 0.25) is 0 Å². The molecule has 9 nitrogen and oxygen atoms in total. The van der Waals surface area contributed by atoms with Gasteiger partial charge < -0.3 is 25.0 Å². The van der Waals surface area contributed by atoms with Crippen LogP contribution < -0.4 is 20.1 Å². The molecule has 2 heterocycles. The monoisotopic (exact) mass is 516 g/mol. The Kier molecular flexibility index (Phi) is 8.23. The number of nitrogens with zero attached hydrogens (tertiary/aromatic N) is 4. The predicted octanol–water partition coefficient (Wildman–Crippen LogP) is 4.97. The molecular weight excluding hydrogens is 492 g/mol. The molecular formula is C27H25ClN6O3. The number of benzene rings is 2. The molecule has 0 radical (unpaired) electrons. The quantitative estimate of drug-likeness (QED) is 0.173. The standard InChI is InChI=1S/C27H25ClN6O3/c1-4-34(2)11-6-12-37-24-15-22-21(14-23(24)36-3)26(31-17-30-22)32-20-9-10-25(29-16-20)33-27(35)18-7-5-8-19(28)13-18/h1,5,7-10,13-17H,6,11-12H2,2-3H3,(H,29,33,35)(H,30,31,32). The van der Waals surface area contributed by atoms with Crippen LogP contribution in [0.3, 0.4) is 0 Å². The highest BCUT2D eigenvalue weighted by Crippen LogP contribution is 2.34. The summed E-state index contributed by atoms with van der Waals surface area (Å²) in [5.74, 6) is 1.82. The molecule has 2 aromatic carbocycles. The van der Waals surface area contributed by atoms with Crippen molar-refractivity contribution in [2.75, 3.05) is 37.9 Å². The second-order valence-corrected chi connectivity index (χ2v) is 8.45.